The van der Waals surface area contributed by atoms with E-state index in [1.54, 1.807) is 7.05 Å². The fourth-order valence-corrected chi connectivity index (χ4v) is 2.42. The van der Waals surface area contributed by atoms with E-state index in [0.717, 1.165) is 24.8 Å². The van der Waals surface area contributed by atoms with Crippen LogP contribution < -0.4 is 10.6 Å². The Bertz CT molecular complexity index is 575. The number of rotatable bonds is 5. The van der Waals surface area contributed by atoms with Crippen molar-refractivity contribution >= 4 is 28.5 Å². The Morgan fingerprint density at radius 1 is 1.10 bits per heavy atom. The number of guanidine groups is 1. The Morgan fingerprint density at radius 2 is 1.90 bits per heavy atom. The second-order valence-corrected chi connectivity index (χ2v) is 5.47. The van der Waals surface area contributed by atoms with Gasteiger partial charge in [-0.15, -0.1) is 0 Å². The van der Waals surface area contributed by atoms with Crippen LogP contribution in [0.2, 0.25) is 0 Å². The van der Waals surface area contributed by atoms with E-state index < -0.39 is 0 Å². The van der Waals surface area contributed by atoms with E-state index in [0.29, 0.717) is 0 Å². The standard InChI is InChI=1S/C16H21N3S/c1-17-16(18-10-11-20-2)19-12-14-8-5-7-13-6-3-4-9-15(13)14/h3-9H,10-12H2,1-2H3,(H2,17,18,19). The number of nitrogens with one attached hydrogen (secondary N) is 2. The van der Waals surface area contributed by atoms with E-state index in [4.69, 9.17) is 0 Å². The molecule has 0 atom stereocenters. The van der Waals surface area contributed by atoms with Crippen LogP contribution in [0.4, 0.5) is 0 Å². The van der Waals surface area contributed by atoms with Gasteiger partial charge in [-0.1, -0.05) is 42.5 Å². The summed E-state index contributed by atoms with van der Waals surface area (Å²) in [6.45, 7) is 1.71. The second-order valence-electron chi connectivity index (χ2n) is 4.48. The number of fused-ring (bicyclic) bond motifs is 1. The minimum atomic E-state index is 0.778. The normalized spacial score (nSPS) is 11.6. The predicted molar refractivity (Wildman–Crippen MR) is 90.5 cm³/mol. The van der Waals surface area contributed by atoms with Gasteiger partial charge < -0.3 is 10.6 Å². The van der Waals surface area contributed by atoms with Crippen LogP contribution in [0, 0.1) is 0 Å². The van der Waals surface area contributed by atoms with E-state index >= 15 is 0 Å². The summed E-state index contributed by atoms with van der Waals surface area (Å²) in [5.41, 5.74) is 1.29. The molecule has 0 aliphatic rings. The topological polar surface area (TPSA) is 36.4 Å². The van der Waals surface area contributed by atoms with Gasteiger partial charge in [-0.05, 0) is 22.6 Å². The maximum absolute atomic E-state index is 4.24. The fourth-order valence-electron chi connectivity index (χ4n) is 2.12. The molecule has 2 aromatic carbocycles. The first-order chi connectivity index (χ1) is 9.85. The van der Waals surface area contributed by atoms with Crippen LogP contribution in [0.3, 0.4) is 0 Å². The van der Waals surface area contributed by atoms with Crippen LogP contribution in [0.1, 0.15) is 5.56 Å². The van der Waals surface area contributed by atoms with Crippen LogP contribution in [-0.4, -0.2) is 31.6 Å². The monoisotopic (exact) mass is 287 g/mol. The first-order valence-corrected chi connectivity index (χ1v) is 8.14. The van der Waals surface area contributed by atoms with Crippen molar-refractivity contribution in [3.05, 3.63) is 48.0 Å². The summed E-state index contributed by atoms with van der Waals surface area (Å²) in [7, 11) is 1.80. The summed E-state index contributed by atoms with van der Waals surface area (Å²) in [6, 6.07) is 14.9. The number of benzene rings is 2. The van der Waals surface area contributed by atoms with Crippen molar-refractivity contribution in [2.24, 2.45) is 4.99 Å². The van der Waals surface area contributed by atoms with Gasteiger partial charge in [0.2, 0.25) is 0 Å². The third-order valence-corrected chi connectivity index (χ3v) is 3.76. The third kappa shape index (κ3) is 3.90. The quantitative estimate of drug-likeness (QED) is 0.504. The van der Waals surface area contributed by atoms with Crippen molar-refractivity contribution in [1.29, 1.82) is 0 Å². The molecule has 0 fully saturated rings. The van der Waals surface area contributed by atoms with Crippen molar-refractivity contribution in [3.8, 4) is 0 Å². The largest absolute Gasteiger partial charge is 0.356 e. The van der Waals surface area contributed by atoms with Crippen LogP contribution >= 0.6 is 11.8 Å². The van der Waals surface area contributed by atoms with E-state index in [1.807, 2.05) is 11.8 Å². The molecular formula is C16H21N3S. The first-order valence-electron chi connectivity index (χ1n) is 6.75. The molecule has 0 saturated heterocycles. The Morgan fingerprint density at radius 3 is 2.70 bits per heavy atom. The minimum Gasteiger partial charge on any atom is -0.356 e. The number of hydrogen-bond acceptors (Lipinski definition) is 2. The van der Waals surface area contributed by atoms with Gasteiger partial charge in [0.1, 0.15) is 0 Å². The lowest BCUT2D eigenvalue weighted by Gasteiger charge is -2.12. The molecule has 0 spiro atoms. The van der Waals surface area contributed by atoms with Crippen molar-refractivity contribution < 1.29 is 0 Å². The smallest absolute Gasteiger partial charge is 0.191 e. The van der Waals surface area contributed by atoms with E-state index in [2.05, 4.69) is 64.3 Å². The SMILES string of the molecule is CN=C(NCCSC)NCc1cccc2ccccc12. The summed E-state index contributed by atoms with van der Waals surface area (Å²) in [4.78, 5) is 4.24. The van der Waals surface area contributed by atoms with Gasteiger partial charge in [-0.3, -0.25) is 4.99 Å². The van der Waals surface area contributed by atoms with Crippen LogP contribution in [0.5, 0.6) is 0 Å². The van der Waals surface area contributed by atoms with Gasteiger partial charge in [0, 0.05) is 25.9 Å². The number of thioether (sulfide) groups is 1. The van der Waals surface area contributed by atoms with Gasteiger partial charge in [0.05, 0.1) is 0 Å². The van der Waals surface area contributed by atoms with E-state index in [1.165, 1.54) is 16.3 Å². The molecule has 0 amide bonds. The van der Waals surface area contributed by atoms with Crippen LogP contribution in [0.15, 0.2) is 47.5 Å². The highest BCUT2D eigenvalue weighted by atomic mass is 32.2. The molecule has 0 unspecified atom stereocenters. The van der Waals surface area contributed by atoms with Crippen molar-refractivity contribution in [1.82, 2.24) is 10.6 Å². The zero-order valence-electron chi connectivity index (χ0n) is 12.0. The first kappa shape index (κ1) is 14.7. The second kappa shape index (κ2) is 7.80. The van der Waals surface area contributed by atoms with Gasteiger partial charge >= 0.3 is 0 Å². The molecule has 106 valence electrons. The molecule has 4 heteroatoms. The van der Waals surface area contributed by atoms with Gasteiger partial charge in [-0.2, -0.15) is 11.8 Å². The van der Waals surface area contributed by atoms with Gasteiger partial charge in [0.15, 0.2) is 5.96 Å². The molecule has 0 aromatic heterocycles. The molecular weight excluding hydrogens is 266 g/mol. The summed E-state index contributed by atoms with van der Waals surface area (Å²) in [5.74, 6) is 1.93. The molecule has 0 bridgehead atoms. The molecule has 2 rings (SSSR count). The van der Waals surface area contributed by atoms with Crippen molar-refractivity contribution in [3.63, 3.8) is 0 Å². The highest BCUT2D eigenvalue weighted by Crippen LogP contribution is 2.18. The Labute approximate surface area is 124 Å². The fraction of sp³-hybridized carbons (Fsp3) is 0.312. The molecule has 20 heavy (non-hydrogen) atoms. The summed E-state index contributed by atoms with van der Waals surface area (Å²) in [5, 5.41) is 9.24. The lowest BCUT2D eigenvalue weighted by molar-refractivity contribution is 0.837. The lowest BCUT2D eigenvalue weighted by Crippen LogP contribution is -2.37. The average molecular weight is 287 g/mol. The molecule has 2 aromatic rings. The van der Waals surface area contributed by atoms with E-state index in [9.17, 15) is 0 Å². The van der Waals surface area contributed by atoms with E-state index in [-0.39, 0.29) is 0 Å². The third-order valence-electron chi connectivity index (χ3n) is 3.15. The van der Waals surface area contributed by atoms with Crippen LogP contribution in [0.25, 0.3) is 10.8 Å². The molecule has 0 radical (unpaired) electrons. The zero-order chi connectivity index (χ0) is 14.2. The van der Waals surface area contributed by atoms with Gasteiger partial charge in [0.25, 0.3) is 0 Å². The Kier molecular flexibility index (Phi) is 5.74. The molecule has 3 nitrogen and oxygen atoms in total. The molecule has 0 aliphatic carbocycles. The molecule has 0 saturated carbocycles. The maximum atomic E-state index is 4.24. The number of hydrogen-bond donors (Lipinski definition) is 2. The summed E-state index contributed by atoms with van der Waals surface area (Å²) >= 11 is 1.83. The average Bonchev–Trinajstić information content (AvgIpc) is 2.50. The van der Waals surface area contributed by atoms with Crippen LogP contribution in [-0.2, 0) is 6.54 Å². The highest BCUT2D eigenvalue weighted by molar-refractivity contribution is 7.98. The Balaban J connectivity index is 2.01. The number of aliphatic imine (C=N–C) groups is 1. The summed E-state index contributed by atoms with van der Waals surface area (Å²) in [6.07, 6.45) is 2.11. The Hall–Kier alpha value is -1.68. The molecule has 0 heterocycles. The lowest BCUT2D eigenvalue weighted by atomic mass is 10.0. The molecule has 0 aliphatic heterocycles. The highest BCUT2D eigenvalue weighted by Gasteiger charge is 2.01. The van der Waals surface area contributed by atoms with Gasteiger partial charge in [-0.25, -0.2) is 0 Å². The zero-order valence-corrected chi connectivity index (χ0v) is 12.8. The van der Waals surface area contributed by atoms with Crippen molar-refractivity contribution in [2.75, 3.05) is 25.6 Å². The summed E-state index contributed by atoms with van der Waals surface area (Å²) < 4.78 is 0. The predicted octanol–water partition coefficient (Wildman–Crippen LogP) is 2.87. The maximum Gasteiger partial charge on any atom is 0.191 e. The minimum absolute atomic E-state index is 0.778. The van der Waals surface area contributed by atoms with Crippen molar-refractivity contribution in [2.45, 2.75) is 6.54 Å². The number of nitrogens with zero attached hydrogens (tertiary/aromatic N) is 1. The molecule has 2 N–H and O–H groups in total.